The number of nitrogens with one attached hydrogen (secondary N) is 1. The first-order chi connectivity index (χ1) is 9.35. The van der Waals surface area contributed by atoms with Crippen LogP contribution in [0.1, 0.15) is 13.3 Å². The van der Waals surface area contributed by atoms with E-state index in [4.69, 9.17) is 9.84 Å². The molecule has 0 bridgehead atoms. The van der Waals surface area contributed by atoms with Crippen molar-refractivity contribution in [2.75, 3.05) is 6.61 Å². The molecule has 0 radical (unpaired) electrons. The quantitative estimate of drug-likeness (QED) is 0.708. The fourth-order valence-electron chi connectivity index (χ4n) is 1.49. The highest BCUT2D eigenvalue weighted by atomic mass is 32.2. The molecular formula is C13H17NO5S. The van der Waals surface area contributed by atoms with Crippen LogP contribution >= 0.6 is 0 Å². The van der Waals surface area contributed by atoms with Gasteiger partial charge >= 0.3 is 5.97 Å². The van der Waals surface area contributed by atoms with Crippen LogP contribution in [0.2, 0.25) is 0 Å². The number of aliphatic carboxylic acids is 1. The number of sulfonamides is 1. The topological polar surface area (TPSA) is 92.7 Å². The number of hydrogen-bond donors (Lipinski definition) is 2. The summed E-state index contributed by atoms with van der Waals surface area (Å²) in [5.74, 6) is -0.799. The van der Waals surface area contributed by atoms with Gasteiger partial charge in [-0.3, -0.25) is 0 Å². The maximum atomic E-state index is 12.0. The number of carbonyl (C=O) groups is 1. The number of hydrogen-bond acceptors (Lipinski definition) is 4. The van der Waals surface area contributed by atoms with Gasteiger partial charge in [0.2, 0.25) is 10.0 Å². The van der Waals surface area contributed by atoms with E-state index < -0.39 is 22.6 Å². The average Bonchev–Trinajstić information content (AvgIpc) is 2.36. The largest absolute Gasteiger partial charge is 0.482 e. The first kappa shape index (κ1) is 16.2. The van der Waals surface area contributed by atoms with Gasteiger partial charge in [-0.1, -0.05) is 6.08 Å². The summed E-state index contributed by atoms with van der Waals surface area (Å²) in [6.45, 7) is 4.82. The fraction of sp³-hybridized carbons (Fsp3) is 0.308. The van der Waals surface area contributed by atoms with Crippen molar-refractivity contribution in [1.82, 2.24) is 4.72 Å². The Labute approximate surface area is 118 Å². The smallest absolute Gasteiger partial charge is 0.341 e. The Morgan fingerprint density at radius 3 is 2.55 bits per heavy atom. The highest BCUT2D eigenvalue weighted by molar-refractivity contribution is 7.89. The van der Waals surface area contributed by atoms with Gasteiger partial charge in [-0.05, 0) is 37.6 Å². The van der Waals surface area contributed by atoms with Gasteiger partial charge in [0.25, 0.3) is 0 Å². The average molecular weight is 299 g/mol. The molecule has 0 aliphatic rings. The van der Waals surface area contributed by atoms with Gasteiger partial charge in [-0.25, -0.2) is 17.9 Å². The van der Waals surface area contributed by atoms with Gasteiger partial charge in [0.05, 0.1) is 4.90 Å². The summed E-state index contributed by atoms with van der Waals surface area (Å²) in [7, 11) is -3.60. The first-order valence-corrected chi connectivity index (χ1v) is 7.41. The maximum Gasteiger partial charge on any atom is 0.341 e. The summed E-state index contributed by atoms with van der Waals surface area (Å²) in [6.07, 6.45) is 2.16. The van der Waals surface area contributed by atoms with Crippen molar-refractivity contribution in [3.63, 3.8) is 0 Å². The molecule has 1 aromatic rings. The molecule has 0 aliphatic heterocycles. The van der Waals surface area contributed by atoms with E-state index in [-0.39, 0.29) is 10.9 Å². The first-order valence-electron chi connectivity index (χ1n) is 5.93. The van der Waals surface area contributed by atoms with Crippen LogP contribution in [0.15, 0.2) is 41.8 Å². The lowest BCUT2D eigenvalue weighted by molar-refractivity contribution is -0.139. The van der Waals surface area contributed by atoms with Crippen LogP contribution in [0.25, 0.3) is 0 Å². The molecule has 0 heterocycles. The predicted molar refractivity (Wildman–Crippen MR) is 74.2 cm³/mol. The molecule has 1 unspecified atom stereocenters. The van der Waals surface area contributed by atoms with Gasteiger partial charge in [0, 0.05) is 6.04 Å². The molecule has 0 spiro atoms. The van der Waals surface area contributed by atoms with E-state index in [9.17, 15) is 13.2 Å². The normalized spacial score (nSPS) is 12.7. The summed E-state index contributed by atoms with van der Waals surface area (Å²) >= 11 is 0. The third kappa shape index (κ3) is 5.02. The molecule has 0 amide bonds. The zero-order chi connectivity index (χ0) is 15.2. The predicted octanol–water partition coefficient (Wildman–Crippen LogP) is 1.39. The van der Waals surface area contributed by atoms with Crippen LogP contribution in [0.4, 0.5) is 0 Å². The van der Waals surface area contributed by atoms with Crippen molar-refractivity contribution in [3.8, 4) is 5.75 Å². The molecule has 0 saturated carbocycles. The second kappa shape index (κ2) is 7.06. The van der Waals surface area contributed by atoms with E-state index in [2.05, 4.69) is 11.3 Å². The molecule has 0 saturated heterocycles. The van der Waals surface area contributed by atoms with Crippen molar-refractivity contribution in [3.05, 3.63) is 36.9 Å². The van der Waals surface area contributed by atoms with Crippen molar-refractivity contribution < 1.29 is 23.1 Å². The van der Waals surface area contributed by atoms with Gasteiger partial charge in [0.15, 0.2) is 6.61 Å². The van der Waals surface area contributed by atoms with Crippen LogP contribution in [-0.4, -0.2) is 32.1 Å². The van der Waals surface area contributed by atoms with Gasteiger partial charge in [0.1, 0.15) is 5.75 Å². The molecule has 110 valence electrons. The molecule has 7 heteroatoms. The third-order valence-electron chi connectivity index (χ3n) is 2.37. The van der Waals surface area contributed by atoms with Crippen LogP contribution < -0.4 is 9.46 Å². The zero-order valence-electron chi connectivity index (χ0n) is 11.1. The van der Waals surface area contributed by atoms with E-state index in [1.807, 2.05) is 0 Å². The lowest BCUT2D eigenvalue weighted by atomic mass is 10.3. The minimum atomic E-state index is -3.60. The standard InChI is InChI=1S/C13H17NO5S/c1-3-4-10(2)14-20(17,18)12-7-5-11(6-8-12)19-9-13(15)16/h3,5-8,10,14H,1,4,9H2,2H3,(H,15,16). The Bertz CT molecular complexity index is 565. The van der Waals surface area contributed by atoms with Gasteiger partial charge in [-0.2, -0.15) is 0 Å². The molecule has 1 atom stereocenters. The summed E-state index contributed by atoms with van der Waals surface area (Å²) in [4.78, 5) is 10.4. The third-order valence-corrected chi connectivity index (χ3v) is 3.98. The summed E-state index contributed by atoms with van der Waals surface area (Å²) in [5, 5.41) is 8.47. The summed E-state index contributed by atoms with van der Waals surface area (Å²) in [5.41, 5.74) is 0. The van der Waals surface area contributed by atoms with Crippen molar-refractivity contribution >= 4 is 16.0 Å². The highest BCUT2D eigenvalue weighted by Crippen LogP contribution is 2.16. The Balaban J connectivity index is 2.76. The number of carboxylic acids is 1. The maximum absolute atomic E-state index is 12.0. The monoisotopic (exact) mass is 299 g/mol. The van der Waals surface area contributed by atoms with Gasteiger partial charge < -0.3 is 9.84 Å². The minimum absolute atomic E-state index is 0.0936. The number of carboxylic acid groups (broad SMARTS) is 1. The minimum Gasteiger partial charge on any atom is -0.482 e. The molecule has 1 aromatic carbocycles. The molecule has 0 aliphatic carbocycles. The van der Waals surface area contributed by atoms with E-state index in [0.29, 0.717) is 12.2 Å². The Morgan fingerprint density at radius 2 is 2.05 bits per heavy atom. The van der Waals surface area contributed by atoms with Crippen molar-refractivity contribution in [1.29, 1.82) is 0 Å². The highest BCUT2D eigenvalue weighted by Gasteiger charge is 2.16. The SMILES string of the molecule is C=CCC(C)NS(=O)(=O)c1ccc(OCC(=O)O)cc1. The lowest BCUT2D eigenvalue weighted by Gasteiger charge is -2.12. The molecule has 2 N–H and O–H groups in total. The van der Waals surface area contributed by atoms with E-state index in [1.165, 1.54) is 24.3 Å². The van der Waals surface area contributed by atoms with E-state index in [0.717, 1.165) is 0 Å². The van der Waals surface area contributed by atoms with Crippen LogP contribution in [0.3, 0.4) is 0 Å². The lowest BCUT2D eigenvalue weighted by Crippen LogP contribution is -2.32. The zero-order valence-corrected chi connectivity index (χ0v) is 11.9. The molecule has 0 aromatic heterocycles. The van der Waals surface area contributed by atoms with Crippen molar-refractivity contribution in [2.45, 2.75) is 24.3 Å². The van der Waals surface area contributed by atoms with Crippen LogP contribution in [-0.2, 0) is 14.8 Å². The Hall–Kier alpha value is -1.86. The Kier molecular flexibility index (Phi) is 5.72. The van der Waals surface area contributed by atoms with Gasteiger partial charge in [-0.15, -0.1) is 6.58 Å². The van der Waals surface area contributed by atoms with Crippen molar-refractivity contribution in [2.24, 2.45) is 0 Å². The fourth-order valence-corrected chi connectivity index (χ4v) is 2.75. The Morgan fingerprint density at radius 1 is 1.45 bits per heavy atom. The summed E-state index contributed by atoms with van der Waals surface area (Å²) < 4.78 is 31.5. The van der Waals surface area contributed by atoms with Crippen LogP contribution in [0, 0.1) is 0 Å². The molecular weight excluding hydrogens is 282 g/mol. The second-order valence-corrected chi connectivity index (χ2v) is 5.91. The van der Waals surface area contributed by atoms with E-state index >= 15 is 0 Å². The second-order valence-electron chi connectivity index (χ2n) is 4.20. The summed E-state index contributed by atoms with van der Waals surface area (Å²) in [6, 6.07) is 5.30. The molecule has 6 nitrogen and oxygen atoms in total. The molecule has 1 rings (SSSR count). The number of benzene rings is 1. The van der Waals surface area contributed by atoms with Crippen LogP contribution in [0.5, 0.6) is 5.75 Å². The number of rotatable bonds is 8. The molecule has 20 heavy (non-hydrogen) atoms. The number of ether oxygens (including phenoxy) is 1. The molecule has 0 fully saturated rings. The van der Waals surface area contributed by atoms with E-state index in [1.54, 1.807) is 13.0 Å².